The van der Waals surface area contributed by atoms with E-state index < -0.39 is 11.4 Å². The van der Waals surface area contributed by atoms with Gasteiger partial charge in [-0.25, -0.2) is 0 Å². The van der Waals surface area contributed by atoms with Crippen LogP contribution in [0.5, 0.6) is 0 Å². The number of para-hydroxylation sites is 1. The Morgan fingerprint density at radius 1 is 1.11 bits per heavy atom. The summed E-state index contributed by atoms with van der Waals surface area (Å²) in [6, 6.07) is 12.3. The molecule has 1 atom stereocenters. The van der Waals surface area contributed by atoms with Crippen molar-refractivity contribution in [3.05, 3.63) is 74.0 Å². The number of halogens is 1. The predicted molar refractivity (Wildman–Crippen MR) is 108 cm³/mol. The molecule has 28 heavy (non-hydrogen) atoms. The van der Waals surface area contributed by atoms with E-state index in [4.69, 9.17) is 4.42 Å². The lowest BCUT2D eigenvalue weighted by atomic mass is 9.84. The fourth-order valence-corrected chi connectivity index (χ4v) is 4.79. The molecule has 0 fully saturated rings. The van der Waals surface area contributed by atoms with Crippen molar-refractivity contribution in [2.75, 3.05) is 18.5 Å². The summed E-state index contributed by atoms with van der Waals surface area (Å²) < 4.78 is 6.57. The Balaban J connectivity index is 1.97. The highest BCUT2D eigenvalue weighted by molar-refractivity contribution is 9.10. The second-order valence-corrected chi connectivity index (χ2v) is 7.83. The molecule has 0 saturated carbocycles. The van der Waals surface area contributed by atoms with E-state index in [2.05, 4.69) is 15.9 Å². The number of benzene rings is 2. The molecule has 2 aromatic carbocycles. The van der Waals surface area contributed by atoms with Crippen LogP contribution in [0.25, 0.3) is 11.0 Å². The first kappa shape index (κ1) is 17.2. The number of hydrogen-bond acceptors (Lipinski definition) is 4. The normalized spacial score (nSPS) is 20.4. The van der Waals surface area contributed by atoms with Crippen molar-refractivity contribution in [1.82, 2.24) is 4.90 Å². The highest BCUT2D eigenvalue weighted by Crippen LogP contribution is 2.51. The van der Waals surface area contributed by atoms with Gasteiger partial charge in [0.15, 0.2) is 11.0 Å². The second kappa shape index (κ2) is 5.54. The van der Waals surface area contributed by atoms with Crippen molar-refractivity contribution in [2.45, 2.75) is 12.5 Å². The standard InChI is InChI=1S/C21H15BrN2O4/c1-3-24-14-7-5-4-6-13(14)21(20(24)27)16-17(25)12-10-11(22)8-9-15(12)28-18(16)19(26)23(21)2/h4-10H,3H2,1-2H3. The molecule has 0 saturated heterocycles. The third kappa shape index (κ3) is 1.80. The molecule has 1 spiro atoms. The van der Waals surface area contributed by atoms with Gasteiger partial charge in [-0.1, -0.05) is 34.1 Å². The van der Waals surface area contributed by atoms with Gasteiger partial charge in [-0.15, -0.1) is 0 Å². The molecule has 3 heterocycles. The summed E-state index contributed by atoms with van der Waals surface area (Å²) in [6.07, 6.45) is 0. The molecule has 1 aromatic heterocycles. The van der Waals surface area contributed by atoms with Gasteiger partial charge in [0.25, 0.3) is 11.8 Å². The summed E-state index contributed by atoms with van der Waals surface area (Å²) in [5.41, 5.74) is -0.127. The van der Waals surface area contributed by atoms with Crippen molar-refractivity contribution in [1.29, 1.82) is 0 Å². The van der Waals surface area contributed by atoms with Gasteiger partial charge in [0.05, 0.1) is 16.6 Å². The SMILES string of the molecule is CCN1C(=O)C2(c3ccccc31)c1c(oc3ccc(Br)cc3c1=O)C(=O)N2C. The maximum Gasteiger partial charge on any atom is 0.291 e. The molecule has 1 unspecified atom stereocenters. The van der Waals surface area contributed by atoms with E-state index in [1.54, 1.807) is 36.2 Å². The van der Waals surface area contributed by atoms with Crippen molar-refractivity contribution < 1.29 is 14.0 Å². The van der Waals surface area contributed by atoms with Gasteiger partial charge in [0.2, 0.25) is 5.76 Å². The van der Waals surface area contributed by atoms with Crippen LogP contribution in [0.15, 0.2) is 56.1 Å². The first-order valence-electron chi connectivity index (χ1n) is 8.89. The summed E-state index contributed by atoms with van der Waals surface area (Å²) in [6.45, 7) is 2.30. The third-order valence-corrected chi connectivity index (χ3v) is 6.16. The van der Waals surface area contributed by atoms with Crippen LogP contribution in [0.2, 0.25) is 0 Å². The first-order chi connectivity index (χ1) is 13.4. The third-order valence-electron chi connectivity index (χ3n) is 5.67. The molecule has 2 amide bonds. The van der Waals surface area contributed by atoms with Gasteiger partial charge < -0.3 is 14.2 Å². The predicted octanol–water partition coefficient (Wildman–Crippen LogP) is 3.25. The molecule has 5 rings (SSSR count). The van der Waals surface area contributed by atoms with Gasteiger partial charge in [-0.2, -0.15) is 0 Å². The van der Waals surface area contributed by atoms with Gasteiger partial charge in [-0.05, 0) is 31.2 Å². The average molecular weight is 439 g/mol. The lowest BCUT2D eigenvalue weighted by Crippen LogP contribution is -2.51. The van der Waals surface area contributed by atoms with Crippen LogP contribution in [0.4, 0.5) is 5.69 Å². The van der Waals surface area contributed by atoms with Gasteiger partial charge in [0.1, 0.15) is 5.58 Å². The van der Waals surface area contributed by atoms with Crippen LogP contribution in [0.1, 0.15) is 28.6 Å². The smallest absolute Gasteiger partial charge is 0.291 e. The molecule has 0 radical (unpaired) electrons. The molecular weight excluding hydrogens is 424 g/mol. The quantitative estimate of drug-likeness (QED) is 0.584. The van der Waals surface area contributed by atoms with E-state index in [0.29, 0.717) is 33.2 Å². The van der Waals surface area contributed by atoms with Crippen molar-refractivity contribution >= 4 is 44.4 Å². The van der Waals surface area contributed by atoms with Gasteiger partial charge >= 0.3 is 0 Å². The summed E-state index contributed by atoms with van der Waals surface area (Å²) >= 11 is 3.37. The minimum atomic E-state index is -1.50. The Bertz CT molecular complexity index is 1260. The minimum Gasteiger partial charge on any atom is -0.450 e. The summed E-state index contributed by atoms with van der Waals surface area (Å²) in [4.78, 5) is 43.2. The molecule has 2 aliphatic heterocycles. The summed E-state index contributed by atoms with van der Waals surface area (Å²) in [5, 5.41) is 0.329. The highest BCUT2D eigenvalue weighted by atomic mass is 79.9. The summed E-state index contributed by atoms with van der Waals surface area (Å²) in [5.74, 6) is -0.853. The van der Waals surface area contributed by atoms with E-state index in [1.165, 1.54) is 4.90 Å². The van der Waals surface area contributed by atoms with Crippen LogP contribution in [-0.2, 0) is 10.3 Å². The number of hydrogen-bond donors (Lipinski definition) is 0. The number of fused-ring (bicyclic) bond motifs is 5. The molecule has 0 N–H and O–H groups in total. The largest absolute Gasteiger partial charge is 0.450 e. The maximum absolute atomic E-state index is 13.6. The molecule has 0 bridgehead atoms. The minimum absolute atomic E-state index is 0.0663. The zero-order valence-corrected chi connectivity index (χ0v) is 16.7. The Labute approximate surface area is 168 Å². The highest BCUT2D eigenvalue weighted by Gasteiger charge is 2.63. The van der Waals surface area contributed by atoms with Crippen LogP contribution in [0, 0.1) is 0 Å². The van der Waals surface area contributed by atoms with Gasteiger partial charge in [0, 0.05) is 23.6 Å². The molecular formula is C21H15BrN2O4. The van der Waals surface area contributed by atoms with Crippen LogP contribution >= 0.6 is 15.9 Å². The molecule has 7 heteroatoms. The monoisotopic (exact) mass is 438 g/mol. The van der Waals surface area contributed by atoms with Crippen LogP contribution < -0.4 is 10.3 Å². The zero-order chi connectivity index (χ0) is 19.8. The van der Waals surface area contributed by atoms with E-state index in [-0.39, 0.29) is 22.7 Å². The molecule has 3 aromatic rings. The van der Waals surface area contributed by atoms with Crippen LogP contribution in [0.3, 0.4) is 0 Å². The lowest BCUT2D eigenvalue weighted by molar-refractivity contribution is -0.125. The number of rotatable bonds is 1. The van der Waals surface area contributed by atoms with Crippen molar-refractivity contribution in [3.63, 3.8) is 0 Å². The van der Waals surface area contributed by atoms with E-state index >= 15 is 0 Å². The molecule has 140 valence electrons. The first-order valence-corrected chi connectivity index (χ1v) is 9.68. The van der Waals surface area contributed by atoms with E-state index in [1.807, 2.05) is 25.1 Å². The maximum atomic E-state index is 13.6. The second-order valence-electron chi connectivity index (χ2n) is 6.92. The van der Waals surface area contributed by atoms with Crippen LogP contribution in [-0.4, -0.2) is 30.3 Å². The average Bonchev–Trinajstić information content (AvgIpc) is 3.08. The molecule has 2 aliphatic rings. The number of carbonyl (C=O) groups excluding carboxylic acids is 2. The molecule has 6 nitrogen and oxygen atoms in total. The number of carbonyl (C=O) groups is 2. The Morgan fingerprint density at radius 3 is 2.61 bits per heavy atom. The fourth-order valence-electron chi connectivity index (χ4n) is 4.43. The molecule has 0 aliphatic carbocycles. The number of likely N-dealkylation sites (N-methyl/N-ethyl adjacent to an activating group) is 2. The lowest BCUT2D eigenvalue weighted by Gasteiger charge is -2.31. The topological polar surface area (TPSA) is 70.8 Å². The number of anilines is 1. The number of amides is 2. The number of nitrogens with zero attached hydrogens (tertiary/aromatic N) is 2. The van der Waals surface area contributed by atoms with E-state index in [0.717, 1.165) is 0 Å². The van der Waals surface area contributed by atoms with Crippen molar-refractivity contribution in [3.8, 4) is 0 Å². The Morgan fingerprint density at radius 2 is 1.86 bits per heavy atom. The van der Waals surface area contributed by atoms with Gasteiger partial charge in [-0.3, -0.25) is 14.4 Å². The van der Waals surface area contributed by atoms with E-state index in [9.17, 15) is 14.4 Å². The fraction of sp³-hybridized carbons (Fsp3) is 0.190. The zero-order valence-electron chi connectivity index (χ0n) is 15.2. The summed E-state index contributed by atoms with van der Waals surface area (Å²) in [7, 11) is 1.55. The Hall–Kier alpha value is -2.93. The van der Waals surface area contributed by atoms with Crippen molar-refractivity contribution in [2.24, 2.45) is 0 Å². The Kier molecular flexibility index (Phi) is 3.40.